The molecular formula is C10H11F2NO2. The van der Waals surface area contributed by atoms with Gasteiger partial charge in [0.25, 0.3) is 6.43 Å². The van der Waals surface area contributed by atoms with E-state index in [4.69, 9.17) is 4.74 Å². The summed E-state index contributed by atoms with van der Waals surface area (Å²) >= 11 is 0. The lowest BCUT2D eigenvalue weighted by Crippen LogP contribution is -2.10. The lowest BCUT2D eigenvalue weighted by Gasteiger charge is -2.08. The summed E-state index contributed by atoms with van der Waals surface area (Å²) in [6.45, 7) is 3.27. The number of esters is 1. The first-order valence-electron chi connectivity index (χ1n) is 4.48. The van der Waals surface area contributed by atoms with Crippen LogP contribution in [0, 0.1) is 6.92 Å². The molecule has 0 spiro atoms. The van der Waals surface area contributed by atoms with Gasteiger partial charge in [-0.25, -0.2) is 18.6 Å². The number of ether oxygens (including phenoxy) is 1. The number of aromatic nitrogens is 1. The second kappa shape index (κ2) is 4.82. The monoisotopic (exact) mass is 215 g/mol. The van der Waals surface area contributed by atoms with E-state index in [1.165, 1.54) is 19.2 Å². The Morgan fingerprint density at radius 3 is 2.80 bits per heavy atom. The summed E-state index contributed by atoms with van der Waals surface area (Å²) in [5.41, 5.74) is -0.0614. The van der Waals surface area contributed by atoms with Crippen molar-refractivity contribution in [1.29, 1.82) is 0 Å². The van der Waals surface area contributed by atoms with E-state index in [-0.39, 0.29) is 23.4 Å². The van der Waals surface area contributed by atoms with Crippen molar-refractivity contribution in [3.05, 3.63) is 29.1 Å². The van der Waals surface area contributed by atoms with Crippen LogP contribution in [-0.2, 0) is 4.74 Å². The number of carbonyl (C=O) groups excluding carboxylic acids is 1. The molecule has 0 aliphatic rings. The minimum Gasteiger partial charge on any atom is -0.461 e. The molecule has 0 unspecified atom stereocenters. The molecular weight excluding hydrogens is 204 g/mol. The third kappa shape index (κ3) is 2.49. The molecule has 3 nitrogen and oxygen atoms in total. The smallest absolute Gasteiger partial charge is 0.357 e. The van der Waals surface area contributed by atoms with E-state index in [9.17, 15) is 13.6 Å². The fourth-order valence-electron chi connectivity index (χ4n) is 1.19. The van der Waals surface area contributed by atoms with E-state index in [1.54, 1.807) is 6.92 Å². The van der Waals surface area contributed by atoms with E-state index in [1.807, 2.05) is 0 Å². The highest BCUT2D eigenvalue weighted by Crippen LogP contribution is 2.23. The van der Waals surface area contributed by atoms with E-state index < -0.39 is 12.4 Å². The van der Waals surface area contributed by atoms with Crippen LogP contribution in [-0.4, -0.2) is 17.6 Å². The molecule has 0 bridgehead atoms. The summed E-state index contributed by atoms with van der Waals surface area (Å²) in [4.78, 5) is 15.0. The maximum Gasteiger partial charge on any atom is 0.357 e. The van der Waals surface area contributed by atoms with E-state index in [2.05, 4.69) is 4.98 Å². The zero-order valence-corrected chi connectivity index (χ0v) is 8.46. The highest BCUT2D eigenvalue weighted by Gasteiger charge is 2.18. The Bertz CT molecular complexity index is 366. The molecule has 15 heavy (non-hydrogen) atoms. The van der Waals surface area contributed by atoms with Crippen molar-refractivity contribution in [3.8, 4) is 0 Å². The number of halogens is 2. The highest BCUT2D eigenvalue weighted by atomic mass is 19.3. The maximum absolute atomic E-state index is 12.5. The standard InChI is InChI=1S/C10H11F2NO2/c1-3-15-10(14)8-6(2)7(9(11)12)4-5-13-8/h4-5,9H,3H2,1-2H3. The van der Waals surface area contributed by atoms with Gasteiger partial charge in [-0.3, -0.25) is 0 Å². The summed E-state index contributed by atoms with van der Waals surface area (Å²) in [5, 5.41) is 0. The molecule has 1 rings (SSSR count). The van der Waals surface area contributed by atoms with Gasteiger partial charge in [-0.2, -0.15) is 0 Å². The largest absolute Gasteiger partial charge is 0.461 e. The third-order valence-corrected chi connectivity index (χ3v) is 1.95. The molecule has 0 saturated carbocycles. The Hall–Kier alpha value is -1.52. The van der Waals surface area contributed by atoms with Gasteiger partial charge in [0.1, 0.15) is 0 Å². The van der Waals surface area contributed by atoms with Crippen LogP contribution in [0.25, 0.3) is 0 Å². The van der Waals surface area contributed by atoms with Crippen LogP contribution in [0.5, 0.6) is 0 Å². The van der Waals surface area contributed by atoms with Crippen LogP contribution in [0.15, 0.2) is 12.3 Å². The normalized spacial score (nSPS) is 10.5. The van der Waals surface area contributed by atoms with E-state index in [0.717, 1.165) is 0 Å². The summed E-state index contributed by atoms with van der Waals surface area (Å²) < 4.78 is 29.7. The van der Waals surface area contributed by atoms with Gasteiger partial charge in [0, 0.05) is 11.8 Å². The molecule has 0 aromatic carbocycles. The molecule has 1 aromatic heterocycles. The van der Waals surface area contributed by atoms with Crippen molar-refractivity contribution >= 4 is 5.97 Å². The van der Waals surface area contributed by atoms with Crippen molar-refractivity contribution in [2.45, 2.75) is 20.3 Å². The zero-order valence-electron chi connectivity index (χ0n) is 8.46. The molecule has 0 atom stereocenters. The van der Waals surface area contributed by atoms with Crippen molar-refractivity contribution in [1.82, 2.24) is 4.98 Å². The molecule has 1 aromatic rings. The SMILES string of the molecule is CCOC(=O)c1nccc(C(F)F)c1C. The van der Waals surface area contributed by atoms with Crippen molar-refractivity contribution in [2.24, 2.45) is 0 Å². The Kier molecular flexibility index (Phi) is 3.71. The summed E-state index contributed by atoms with van der Waals surface area (Å²) in [5.74, 6) is -0.669. The first kappa shape index (κ1) is 11.6. The summed E-state index contributed by atoms with van der Waals surface area (Å²) in [6.07, 6.45) is -1.43. The topological polar surface area (TPSA) is 39.2 Å². The minimum absolute atomic E-state index is 0.0466. The number of carbonyl (C=O) groups is 1. The van der Waals surface area contributed by atoms with Crippen LogP contribution in [0.3, 0.4) is 0 Å². The number of pyridine rings is 1. The second-order valence-corrected chi connectivity index (χ2v) is 2.89. The van der Waals surface area contributed by atoms with Crippen molar-refractivity contribution < 1.29 is 18.3 Å². The lowest BCUT2D eigenvalue weighted by atomic mass is 10.1. The third-order valence-electron chi connectivity index (χ3n) is 1.95. The fourth-order valence-corrected chi connectivity index (χ4v) is 1.19. The predicted octanol–water partition coefficient (Wildman–Crippen LogP) is 2.50. The first-order valence-corrected chi connectivity index (χ1v) is 4.48. The molecule has 5 heteroatoms. The Labute approximate surface area is 86.1 Å². The number of nitrogens with zero attached hydrogens (tertiary/aromatic N) is 1. The molecule has 0 fully saturated rings. The number of alkyl halides is 2. The number of hydrogen-bond donors (Lipinski definition) is 0. The van der Waals surface area contributed by atoms with E-state index >= 15 is 0 Å². The van der Waals surface area contributed by atoms with Crippen molar-refractivity contribution in [3.63, 3.8) is 0 Å². The summed E-state index contributed by atoms with van der Waals surface area (Å²) in [7, 11) is 0. The van der Waals surface area contributed by atoms with Crippen LogP contribution >= 0.6 is 0 Å². The minimum atomic E-state index is -2.61. The molecule has 0 saturated heterocycles. The molecule has 0 N–H and O–H groups in total. The Balaban J connectivity index is 3.09. The zero-order chi connectivity index (χ0) is 11.4. The maximum atomic E-state index is 12.5. The van der Waals surface area contributed by atoms with Gasteiger partial charge in [-0.15, -0.1) is 0 Å². The van der Waals surface area contributed by atoms with Crippen LogP contribution in [0.4, 0.5) is 8.78 Å². The van der Waals surface area contributed by atoms with Crippen molar-refractivity contribution in [2.75, 3.05) is 6.61 Å². The quantitative estimate of drug-likeness (QED) is 0.727. The first-order chi connectivity index (χ1) is 7.07. The van der Waals surface area contributed by atoms with Crippen LogP contribution in [0.2, 0.25) is 0 Å². The molecule has 82 valence electrons. The van der Waals surface area contributed by atoms with Gasteiger partial charge in [0.05, 0.1) is 6.61 Å². The van der Waals surface area contributed by atoms with Gasteiger partial charge in [-0.05, 0) is 25.5 Å². The van der Waals surface area contributed by atoms with E-state index in [0.29, 0.717) is 0 Å². The fraction of sp³-hybridized carbons (Fsp3) is 0.400. The van der Waals surface area contributed by atoms with Gasteiger partial charge < -0.3 is 4.74 Å². The van der Waals surface area contributed by atoms with Crippen LogP contribution < -0.4 is 0 Å². The second-order valence-electron chi connectivity index (χ2n) is 2.89. The molecule has 1 heterocycles. The number of rotatable bonds is 3. The lowest BCUT2D eigenvalue weighted by molar-refractivity contribution is 0.0518. The van der Waals surface area contributed by atoms with Gasteiger partial charge in [-0.1, -0.05) is 0 Å². The van der Waals surface area contributed by atoms with Gasteiger partial charge >= 0.3 is 5.97 Å². The molecule has 0 amide bonds. The number of hydrogen-bond acceptors (Lipinski definition) is 3. The Morgan fingerprint density at radius 1 is 1.60 bits per heavy atom. The average molecular weight is 215 g/mol. The average Bonchev–Trinajstić information content (AvgIpc) is 2.17. The highest BCUT2D eigenvalue weighted by molar-refractivity contribution is 5.89. The molecule has 0 aliphatic heterocycles. The van der Waals surface area contributed by atoms with Gasteiger partial charge in [0.15, 0.2) is 5.69 Å². The Morgan fingerprint density at radius 2 is 2.27 bits per heavy atom. The molecule has 0 aliphatic carbocycles. The molecule has 0 radical (unpaired) electrons. The predicted molar refractivity (Wildman–Crippen MR) is 49.9 cm³/mol. The van der Waals surface area contributed by atoms with Gasteiger partial charge in [0.2, 0.25) is 0 Å². The summed E-state index contributed by atoms with van der Waals surface area (Å²) in [6, 6.07) is 1.20. The van der Waals surface area contributed by atoms with Crippen LogP contribution in [0.1, 0.15) is 35.0 Å².